The van der Waals surface area contributed by atoms with Crippen LogP contribution in [0.4, 0.5) is 0 Å². The molecular formula is C12H20N2O. The molecule has 0 aliphatic carbocycles. The van der Waals surface area contributed by atoms with Gasteiger partial charge in [0.1, 0.15) is 5.60 Å². The highest BCUT2D eigenvalue weighted by Crippen LogP contribution is 2.21. The van der Waals surface area contributed by atoms with Gasteiger partial charge in [-0.3, -0.25) is 0 Å². The molecule has 0 fully saturated rings. The topological polar surface area (TPSA) is 48.1 Å². The summed E-state index contributed by atoms with van der Waals surface area (Å²) in [6.07, 6.45) is 2.68. The van der Waals surface area contributed by atoms with E-state index >= 15 is 0 Å². The molecule has 0 saturated carbocycles. The Kier molecular flexibility index (Phi) is 3.69. The van der Waals surface area contributed by atoms with E-state index in [1.807, 2.05) is 32.9 Å². The molecule has 3 heteroatoms. The van der Waals surface area contributed by atoms with Crippen molar-refractivity contribution in [3.05, 3.63) is 23.9 Å². The molecular weight excluding hydrogens is 188 g/mol. The van der Waals surface area contributed by atoms with E-state index < -0.39 is 0 Å². The Labute approximate surface area is 91.7 Å². The molecule has 1 rings (SSSR count). The maximum atomic E-state index is 5.80. The quantitative estimate of drug-likeness (QED) is 0.827. The van der Waals surface area contributed by atoms with Crippen LogP contribution in [-0.4, -0.2) is 10.6 Å². The Hall–Kier alpha value is -1.09. The van der Waals surface area contributed by atoms with Crippen LogP contribution in [0.1, 0.15) is 45.7 Å². The second kappa shape index (κ2) is 4.62. The lowest BCUT2D eigenvalue weighted by molar-refractivity contribution is 0.0989. The van der Waals surface area contributed by atoms with Gasteiger partial charge in [-0.2, -0.15) is 0 Å². The molecule has 1 heterocycles. The number of rotatable bonds is 4. The zero-order valence-electron chi connectivity index (χ0n) is 9.95. The van der Waals surface area contributed by atoms with E-state index in [0.717, 1.165) is 12.0 Å². The monoisotopic (exact) mass is 208 g/mol. The van der Waals surface area contributed by atoms with Crippen LogP contribution in [0.2, 0.25) is 0 Å². The van der Waals surface area contributed by atoms with Crippen molar-refractivity contribution >= 4 is 0 Å². The predicted octanol–water partition coefficient (Wildman–Crippen LogP) is 2.67. The van der Waals surface area contributed by atoms with Crippen molar-refractivity contribution in [1.29, 1.82) is 0 Å². The lowest BCUT2D eigenvalue weighted by Crippen LogP contribution is -2.27. The van der Waals surface area contributed by atoms with Gasteiger partial charge < -0.3 is 10.5 Å². The van der Waals surface area contributed by atoms with Crippen LogP contribution in [0.15, 0.2) is 18.3 Å². The molecule has 0 radical (unpaired) electrons. The van der Waals surface area contributed by atoms with E-state index in [0.29, 0.717) is 5.88 Å². The Balaban J connectivity index is 2.82. The van der Waals surface area contributed by atoms with E-state index in [2.05, 4.69) is 11.9 Å². The van der Waals surface area contributed by atoms with E-state index in [-0.39, 0.29) is 11.6 Å². The first-order valence-electron chi connectivity index (χ1n) is 5.35. The average Bonchev–Trinajstić information content (AvgIpc) is 2.17. The molecule has 0 aromatic carbocycles. The van der Waals surface area contributed by atoms with Crippen molar-refractivity contribution in [3.63, 3.8) is 0 Å². The fourth-order valence-corrected chi connectivity index (χ4v) is 1.12. The standard InChI is InChI=1S/C12H20N2O/c1-5-12(3,4)15-11-8-10(9(2)13)6-7-14-11/h6-9H,5,13H2,1-4H3. The zero-order chi connectivity index (χ0) is 11.5. The highest BCUT2D eigenvalue weighted by Gasteiger charge is 2.17. The number of aromatic nitrogens is 1. The number of hydrogen-bond acceptors (Lipinski definition) is 3. The summed E-state index contributed by atoms with van der Waals surface area (Å²) < 4.78 is 5.78. The summed E-state index contributed by atoms with van der Waals surface area (Å²) in [6, 6.07) is 3.83. The second-order valence-corrected chi connectivity index (χ2v) is 4.43. The van der Waals surface area contributed by atoms with Gasteiger partial charge in [-0.05, 0) is 38.8 Å². The molecule has 0 amide bonds. The SMILES string of the molecule is CCC(C)(C)Oc1cc(C(C)N)ccn1. The van der Waals surface area contributed by atoms with Crippen molar-refractivity contribution in [3.8, 4) is 5.88 Å². The molecule has 0 aliphatic heterocycles. The molecule has 1 atom stereocenters. The first-order valence-corrected chi connectivity index (χ1v) is 5.35. The van der Waals surface area contributed by atoms with Gasteiger partial charge in [0.25, 0.3) is 0 Å². The average molecular weight is 208 g/mol. The number of nitrogens with two attached hydrogens (primary N) is 1. The smallest absolute Gasteiger partial charge is 0.214 e. The minimum atomic E-state index is -0.177. The van der Waals surface area contributed by atoms with Gasteiger partial charge in [-0.15, -0.1) is 0 Å². The van der Waals surface area contributed by atoms with Gasteiger partial charge in [0.15, 0.2) is 0 Å². The van der Waals surface area contributed by atoms with Crippen molar-refractivity contribution in [2.45, 2.75) is 45.8 Å². The summed E-state index contributed by atoms with van der Waals surface area (Å²) in [5.74, 6) is 0.650. The number of hydrogen-bond donors (Lipinski definition) is 1. The molecule has 0 aliphatic rings. The van der Waals surface area contributed by atoms with E-state index in [1.54, 1.807) is 6.20 Å². The molecule has 84 valence electrons. The van der Waals surface area contributed by atoms with Crippen LogP contribution >= 0.6 is 0 Å². The van der Waals surface area contributed by atoms with Crippen LogP contribution < -0.4 is 10.5 Å². The van der Waals surface area contributed by atoms with Crippen molar-refractivity contribution in [1.82, 2.24) is 4.98 Å². The van der Waals surface area contributed by atoms with Gasteiger partial charge in [-0.1, -0.05) is 6.92 Å². The van der Waals surface area contributed by atoms with E-state index in [1.165, 1.54) is 0 Å². The van der Waals surface area contributed by atoms with Gasteiger partial charge in [0, 0.05) is 18.3 Å². The summed E-state index contributed by atoms with van der Waals surface area (Å²) in [4.78, 5) is 4.18. The molecule has 0 spiro atoms. The predicted molar refractivity (Wildman–Crippen MR) is 61.8 cm³/mol. The maximum absolute atomic E-state index is 5.80. The summed E-state index contributed by atoms with van der Waals surface area (Å²) in [5, 5.41) is 0. The molecule has 1 unspecified atom stereocenters. The van der Waals surface area contributed by atoms with Crippen molar-refractivity contribution < 1.29 is 4.74 Å². The number of nitrogens with zero attached hydrogens (tertiary/aromatic N) is 1. The molecule has 15 heavy (non-hydrogen) atoms. The lowest BCUT2D eigenvalue weighted by atomic mass is 10.1. The third-order valence-electron chi connectivity index (χ3n) is 2.52. The fraction of sp³-hybridized carbons (Fsp3) is 0.583. The normalized spacial score (nSPS) is 13.7. The van der Waals surface area contributed by atoms with Crippen LogP contribution in [0.5, 0.6) is 5.88 Å². The highest BCUT2D eigenvalue weighted by atomic mass is 16.5. The first-order chi connectivity index (χ1) is 6.94. The molecule has 0 bridgehead atoms. The molecule has 1 aromatic heterocycles. The number of ether oxygens (including phenoxy) is 1. The van der Waals surface area contributed by atoms with Crippen molar-refractivity contribution in [2.24, 2.45) is 5.73 Å². The second-order valence-electron chi connectivity index (χ2n) is 4.43. The highest BCUT2D eigenvalue weighted by molar-refractivity contribution is 5.23. The summed E-state index contributed by atoms with van der Waals surface area (Å²) in [6.45, 7) is 8.14. The maximum Gasteiger partial charge on any atom is 0.214 e. The van der Waals surface area contributed by atoms with E-state index in [4.69, 9.17) is 10.5 Å². The third kappa shape index (κ3) is 3.51. The molecule has 0 saturated heterocycles. The lowest BCUT2D eigenvalue weighted by Gasteiger charge is -2.24. The molecule has 1 aromatic rings. The van der Waals surface area contributed by atoms with Crippen LogP contribution in [0, 0.1) is 0 Å². The van der Waals surface area contributed by atoms with Crippen LogP contribution in [0.25, 0.3) is 0 Å². The van der Waals surface area contributed by atoms with Gasteiger partial charge >= 0.3 is 0 Å². The minimum absolute atomic E-state index is 0.0140. The zero-order valence-corrected chi connectivity index (χ0v) is 9.95. The largest absolute Gasteiger partial charge is 0.472 e. The third-order valence-corrected chi connectivity index (χ3v) is 2.52. The fourth-order valence-electron chi connectivity index (χ4n) is 1.12. The van der Waals surface area contributed by atoms with E-state index in [9.17, 15) is 0 Å². The van der Waals surface area contributed by atoms with Crippen LogP contribution in [0.3, 0.4) is 0 Å². The van der Waals surface area contributed by atoms with Gasteiger partial charge in [-0.25, -0.2) is 4.98 Å². The van der Waals surface area contributed by atoms with Crippen LogP contribution in [-0.2, 0) is 0 Å². The summed E-state index contributed by atoms with van der Waals surface area (Å²) in [5.41, 5.74) is 6.67. The van der Waals surface area contributed by atoms with Gasteiger partial charge in [0.2, 0.25) is 5.88 Å². The number of pyridine rings is 1. The summed E-state index contributed by atoms with van der Waals surface area (Å²) in [7, 11) is 0. The first kappa shape index (κ1) is 12.0. The molecule has 3 nitrogen and oxygen atoms in total. The molecule has 2 N–H and O–H groups in total. The van der Waals surface area contributed by atoms with Gasteiger partial charge in [0.05, 0.1) is 0 Å². The Morgan fingerprint density at radius 1 is 1.53 bits per heavy atom. The Morgan fingerprint density at radius 2 is 2.20 bits per heavy atom. The Morgan fingerprint density at radius 3 is 2.73 bits per heavy atom. The van der Waals surface area contributed by atoms with Crippen molar-refractivity contribution in [2.75, 3.05) is 0 Å². The Bertz CT molecular complexity index is 321. The summed E-state index contributed by atoms with van der Waals surface area (Å²) >= 11 is 0. The minimum Gasteiger partial charge on any atom is -0.472 e.